The Bertz CT molecular complexity index is 299. The summed E-state index contributed by atoms with van der Waals surface area (Å²) in [4.78, 5) is 20.0. The maximum atomic E-state index is 10.2. The molecular weight excluding hydrogens is 250 g/mol. The quantitative estimate of drug-likeness (QED) is 0.260. The van der Waals surface area contributed by atoms with Crippen LogP contribution in [0.3, 0.4) is 0 Å². The normalized spacial score (nSPS) is 11.0. The first-order valence-electron chi connectivity index (χ1n) is 2.66. The Morgan fingerprint density at radius 2 is 1.47 bits per heavy atom. The van der Waals surface area contributed by atoms with E-state index in [0.29, 0.717) is 0 Å². The molecule has 0 aromatic rings. The number of carboxylic acid groups (broad SMARTS) is 2. The van der Waals surface area contributed by atoms with Crippen LogP contribution in [-0.2, 0) is 19.7 Å². The van der Waals surface area contributed by atoms with Crippen molar-refractivity contribution in [3.8, 4) is 0 Å². The molecule has 78 valence electrons. The monoisotopic (exact) mass is 259 g/mol. The summed E-state index contributed by atoms with van der Waals surface area (Å²) in [6, 6.07) is 0. The van der Waals surface area contributed by atoms with E-state index in [1.807, 2.05) is 0 Å². The van der Waals surface area contributed by atoms with Crippen LogP contribution in [-0.4, -0.2) is 40.4 Å². The van der Waals surface area contributed by atoms with Crippen LogP contribution in [0.1, 0.15) is 6.42 Å². The standard InChI is InChI=1S/C4H6O7S.CH3.2Na/c5-3(6)1-2(4(7)8)12(9,10)11;;;/h2H,1H2,(H,5,6)(H,7,8)(H,9,10,11);1H3;;/q;-1;2*+1. The van der Waals surface area contributed by atoms with Crippen LogP contribution in [0.15, 0.2) is 0 Å². The summed E-state index contributed by atoms with van der Waals surface area (Å²) >= 11 is 0. The minimum absolute atomic E-state index is 0. The summed E-state index contributed by atoms with van der Waals surface area (Å²) in [6.45, 7) is 0. The van der Waals surface area contributed by atoms with Crippen molar-refractivity contribution in [2.75, 3.05) is 0 Å². The molecular formula is C5H9Na2O7S+. The molecule has 0 radical (unpaired) electrons. The summed E-state index contributed by atoms with van der Waals surface area (Å²) in [5, 5.41) is 13.9. The van der Waals surface area contributed by atoms with E-state index in [0.717, 1.165) is 0 Å². The van der Waals surface area contributed by atoms with Gasteiger partial charge >= 0.3 is 71.1 Å². The van der Waals surface area contributed by atoms with Gasteiger partial charge in [0, 0.05) is 0 Å². The largest absolute Gasteiger partial charge is 1.00 e. The van der Waals surface area contributed by atoms with E-state index in [2.05, 4.69) is 0 Å². The van der Waals surface area contributed by atoms with Gasteiger partial charge in [0.2, 0.25) is 0 Å². The van der Waals surface area contributed by atoms with Crippen LogP contribution in [0.2, 0.25) is 0 Å². The fraction of sp³-hybridized carbons (Fsp3) is 0.400. The molecule has 1 unspecified atom stereocenters. The molecule has 7 nitrogen and oxygen atoms in total. The molecule has 0 amide bonds. The Morgan fingerprint density at radius 3 is 1.53 bits per heavy atom. The molecule has 0 saturated heterocycles. The first-order chi connectivity index (χ1) is 5.25. The molecule has 0 fully saturated rings. The molecule has 0 rings (SSSR count). The molecule has 0 spiro atoms. The summed E-state index contributed by atoms with van der Waals surface area (Å²) in [7, 11) is -4.84. The predicted octanol–water partition coefficient (Wildman–Crippen LogP) is -6.74. The average molecular weight is 259 g/mol. The van der Waals surface area contributed by atoms with Crippen molar-refractivity contribution in [3.05, 3.63) is 7.43 Å². The van der Waals surface area contributed by atoms with Crippen LogP contribution in [0, 0.1) is 7.43 Å². The second-order valence-corrected chi connectivity index (χ2v) is 3.54. The van der Waals surface area contributed by atoms with Gasteiger partial charge in [0.1, 0.15) is 0 Å². The van der Waals surface area contributed by atoms with Crippen molar-refractivity contribution < 1.29 is 91.9 Å². The third-order valence-electron chi connectivity index (χ3n) is 0.995. The summed E-state index contributed by atoms with van der Waals surface area (Å²) in [5.41, 5.74) is 0. The van der Waals surface area contributed by atoms with Gasteiger partial charge in [-0.3, -0.25) is 14.1 Å². The van der Waals surface area contributed by atoms with Gasteiger partial charge in [0.15, 0.2) is 5.25 Å². The third kappa shape index (κ3) is 11.1. The molecule has 3 N–H and O–H groups in total. The van der Waals surface area contributed by atoms with Gasteiger partial charge in [-0.05, 0) is 0 Å². The van der Waals surface area contributed by atoms with Crippen LogP contribution in [0.5, 0.6) is 0 Å². The average Bonchev–Trinajstić information content (AvgIpc) is 1.79. The maximum Gasteiger partial charge on any atom is 1.00 e. The molecule has 0 heterocycles. The number of carboxylic acids is 2. The molecule has 10 heteroatoms. The fourth-order valence-corrected chi connectivity index (χ4v) is 1.09. The Hall–Kier alpha value is 0.850. The summed E-state index contributed by atoms with van der Waals surface area (Å²) < 4.78 is 28.7. The van der Waals surface area contributed by atoms with Crippen molar-refractivity contribution in [2.45, 2.75) is 11.7 Å². The van der Waals surface area contributed by atoms with Crippen molar-refractivity contribution >= 4 is 22.1 Å². The first kappa shape index (κ1) is 24.9. The molecule has 1 atom stereocenters. The van der Waals surface area contributed by atoms with Crippen LogP contribution in [0.25, 0.3) is 0 Å². The van der Waals surface area contributed by atoms with Crippen molar-refractivity contribution in [1.29, 1.82) is 0 Å². The summed E-state index contributed by atoms with van der Waals surface area (Å²) in [6.07, 6.45) is -1.16. The van der Waals surface area contributed by atoms with Gasteiger partial charge in [-0.15, -0.1) is 0 Å². The minimum Gasteiger partial charge on any atom is -0.481 e. The molecule has 0 aromatic heterocycles. The van der Waals surface area contributed by atoms with Crippen LogP contribution < -0.4 is 59.1 Å². The molecule has 0 aromatic carbocycles. The van der Waals surface area contributed by atoms with E-state index in [9.17, 15) is 18.0 Å². The maximum absolute atomic E-state index is 10.2. The number of carbonyl (C=O) groups is 2. The zero-order valence-corrected chi connectivity index (χ0v) is 13.5. The number of rotatable bonds is 4. The topological polar surface area (TPSA) is 129 Å². The number of hydrogen-bond acceptors (Lipinski definition) is 4. The van der Waals surface area contributed by atoms with Crippen molar-refractivity contribution in [2.24, 2.45) is 0 Å². The number of aliphatic carboxylic acids is 2. The van der Waals surface area contributed by atoms with Crippen molar-refractivity contribution in [3.63, 3.8) is 0 Å². The smallest absolute Gasteiger partial charge is 0.481 e. The molecule has 0 aliphatic heterocycles. The van der Waals surface area contributed by atoms with Gasteiger partial charge in [-0.25, -0.2) is 0 Å². The molecule has 0 aliphatic carbocycles. The Balaban J connectivity index is -0.000000202. The SMILES string of the molecule is O=C(O)CC(C(=O)O)S(=O)(=O)O.[CH3-].[Na+].[Na+]. The summed E-state index contributed by atoms with van der Waals surface area (Å²) in [5.74, 6) is -3.50. The second-order valence-electron chi connectivity index (χ2n) is 1.94. The van der Waals surface area contributed by atoms with E-state index in [4.69, 9.17) is 14.8 Å². The van der Waals surface area contributed by atoms with E-state index in [1.54, 1.807) is 0 Å². The molecule has 0 saturated carbocycles. The predicted molar refractivity (Wildman–Crippen MR) is 41.6 cm³/mol. The number of hydrogen-bond donors (Lipinski definition) is 3. The van der Waals surface area contributed by atoms with Gasteiger partial charge in [0.05, 0.1) is 6.42 Å². The zero-order chi connectivity index (χ0) is 9.94. The second kappa shape index (κ2) is 10.0. The Kier molecular flexibility index (Phi) is 16.6. The van der Waals surface area contributed by atoms with E-state index in [1.165, 1.54) is 0 Å². The van der Waals surface area contributed by atoms with E-state index < -0.39 is 33.7 Å². The first-order valence-corrected chi connectivity index (χ1v) is 4.16. The zero-order valence-electron chi connectivity index (χ0n) is 8.67. The van der Waals surface area contributed by atoms with E-state index >= 15 is 0 Å². The van der Waals surface area contributed by atoms with Gasteiger partial charge in [0.25, 0.3) is 10.1 Å². The van der Waals surface area contributed by atoms with Gasteiger partial charge < -0.3 is 17.6 Å². The van der Waals surface area contributed by atoms with E-state index in [-0.39, 0.29) is 66.5 Å². The van der Waals surface area contributed by atoms with Crippen LogP contribution >= 0.6 is 0 Å². The Morgan fingerprint density at radius 1 is 1.13 bits per heavy atom. The minimum atomic E-state index is -4.84. The molecule has 0 bridgehead atoms. The van der Waals surface area contributed by atoms with Crippen molar-refractivity contribution in [1.82, 2.24) is 0 Å². The van der Waals surface area contributed by atoms with Gasteiger partial charge in [-0.2, -0.15) is 8.42 Å². The van der Waals surface area contributed by atoms with Crippen LogP contribution in [0.4, 0.5) is 0 Å². The molecule has 0 aliphatic rings. The third-order valence-corrected chi connectivity index (χ3v) is 2.08. The van der Waals surface area contributed by atoms with Gasteiger partial charge in [-0.1, -0.05) is 0 Å². The molecule has 15 heavy (non-hydrogen) atoms. The fourth-order valence-electron chi connectivity index (χ4n) is 0.479. The Labute approximate surface area is 132 Å².